The van der Waals surface area contributed by atoms with Crippen molar-refractivity contribution in [3.63, 3.8) is 0 Å². The zero-order chi connectivity index (χ0) is 18.7. The van der Waals surface area contributed by atoms with Gasteiger partial charge in [-0.05, 0) is 54.2 Å². The minimum absolute atomic E-state index is 0.0370. The Morgan fingerprint density at radius 1 is 1.50 bits per heavy atom. The summed E-state index contributed by atoms with van der Waals surface area (Å²) in [7, 11) is -3.27. The average molecular weight is 435 g/mol. The molecule has 1 rings (SSSR count). The summed E-state index contributed by atoms with van der Waals surface area (Å²) in [6.45, 7) is 13.8. The fourth-order valence-corrected chi connectivity index (χ4v) is 5.04. The SMILES string of the molecule is C=CCC[C@H](CC(C)(C)S(N)=O)c1ncc([Si](C)(C)C)c(F)c1Br. The molecule has 0 spiro atoms. The van der Waals surface area contributed by atoms with Gasteiger partial charge in [0.2, 0.25) is 0 Å². The van der Waals surface area contributed by atoms with Gasteiger partial charge in [-0.1, -0.05) is 25.7 Å². The van der Waals surface area contributed by atoms with E-state index in [-0.39, 0.29) is 11.7 Å². The Kier molecular flexibility index (Phi) is 7.53. The van der Waals surface area contributed by atoms with E-state index in [1.807, 2.05) is 19.9 Å². The third kappa shape index (κ3) is 5.31. The monoisotopic (exact) mass is 434 g/mol. The zero-order valence-electron chi connectivity index (χ0n) is 15.2. The highest BCUT2D eigenvalue weighted by molar-refractivity contribution is 9.10. The Morgan fingerprint density at radius 3 is 2.54 bits per heavy atom. The lowest BCUT2D eigenvalue weighted by molar-refractivity contribution is 0.483. The summed E-state index contributed by atoms with van der Waals surface area (Å²) in [4.78, 5) is 4.58. The maximum absolute atomic E-state index is 14.9. The fraction of sp³-hybridized carbons (Fsp3) is 0.588. The number of nitrogens with zero attached hydrogens (tertiary/aromatic N) is 1. The first-order valence-electron chi connectivity index (χ1n) is 8.03. The highest BCUT2D eigenvalue weighted by atomic mass is 79.9. The number of hydrogen-bond donors (Lipinski definition) is 1. The summed E-state index contributed by atoms with van der Waals surface area (Å²) in [6.07, 6.45) is 5.63. The van der Waals surface area contributed by atoms with Gasteiger partial charge in [0.15, 0.2) is 0 Å². The van der Waals surface area contributed by atoms with E-state index < -0.39 is 23.8 Å². The predicted molar refractivity (Wildman–Crippen MR) is 108 cm³/mol. The van der Waals surface area contributed by atoms with Crippen LogP contribution in [0.3, 0.4) is 0 Å². The molecule has 0 aromatic carbocycles. The Morgan fingerprint density at radius 2 is 2.08 bits per heavy atom. The second-order valence-corrected chi connectivity index (χ2v) is 15.3. The van der Waals surface area contributed by atoms with E-state index in [1.54, 1.807) is 6.20 Å². The number of nitrogens with two attached hydrogens (primary N) is 1. The molecule has 1 unspecified atom stereocenters. The summed E-state index contributed by atoms with van der Waals surface area (Å²) < 4.78 is 26.5. The van der Waals surface area contributed by atoms with Crippen LogP contribution in [0.4, 0.5) is 4.39 Å². The van der Waals surface area contributed by atoms with Crippen molar-refractivity contribution in [3.8, 4) is 0 Å². The van der Waals surface area contributed by atoms with Crippen molar-refractivity contribution in [3.05, 3.63) is 34.8 Å². The van der Waals surface area contributed by atoms with Crippen molar-refractivity contribution in [1.82, 2.24) is 4.98 Å². The van der Waals surface area contributed by atoms with E-state index in [4.69, 9.17) is 5.14 Å². The highest BCUT2D eigenvalue weighted by Gasteiger charge is 2.32. The van der Waals surface area contributed by atoms with Gasteiger partial charge >= 0.3 is 0 Å². The number of halogens is 2. The highest BCUT2D eigenvalue weighted by Crippen LogP contribution is 2.35. The normalized spacial score (nSPS) is 15.2. The van der Waals surface area contributed by atoms with Crippen LogP contribution in [0, 0.1) is 5.82 Å². The molecule has 7 heteroatoms. The van der Waals surface area contributed by atoms with Crippen molar-refractivity contribution >= 4 is 40.2 Å². The fourth-order valence-electron chi connectivity index (χ4n) is 2.62. The molecule has 0 radical (unpaired) electrons. The van der Waals surface area contributed by atoms with Gasteiger partial charge in [0.25, 0.3) is 0 Å². The lowest BCUT2D eigenvalue weighted by Crippen LogP contribution is -2.41. The van der Waals surface area contributed by atoms with Gasteiger partial charge in [-0.3, -0.25) is 10.1 Å². The lowest BCUT2D eigenvalue weighted by Gasteiger charge is -2.28. The third-order valence-electron chi connectivity index (χ3n) is 4.18. The van der Waals surface area contributed by atoms with E-state index in [0.717, 1.165) is 12.8 Å². The molecule has 0 fully saturated rings. The van der Waals surface area contributed by atoms with Gasteiger partial charge in [-0.2, -0.15) is 0 Å². The minimum atomic E-state index is -1.81. The van der Waals surface area contributed by atoms with Crippen LogP contribution in [0.15, 0.2) is 23.3 Å². The standard InChI is InChI=1S/C17H28BrFN2OSSi/c1-7-8-9-12(10-17(2,3)23(20)22)16-14(18)15(19)13(11-21-16)24(4,5)6/h7,11-12H,1,8-10,20H2,2-6H3/t12-,23?/m1/s1. The number of allylic oxidation sites excluding steroid dienone is 1. The van der Waals surface area contributed by atoms with Crippen LogP contribution >= 0.6 is 15.9 Å². The summed E-state index contributed by atoms with van der Waals surface area (Å²) in [5.74, 6) is -0.250. The molecule has 0 aliphatic carbocycles. The second-order valence-electron chi connectivity index (χ2n) is 7.76. The predicted octanol–water partition coefficient (Wildman–Crippen LogP) is 4.37. The number of pyridine rings is 1. The Hall–Kier alpha value is -0.373. The molecule has 136 valence electrons. The van der Waals surface area contributed by atoms with Crippen LogP contribution in [0.1, 0.15) is 44.7 Å². The van der Waals surface area contributed by atoms with Crippen LogP contribution < -0.4 is 10.3 Å². The van der Waals surface area contributed by atoms with E-state index in [2.05, 4.69) is 47.1 Å². The van der Waals surface area contributed by atoms with Gasteiger partial charge in [0.1, 0.15) is 5.82 Å². The number of hydrogen-bond acceptors (Lipinski definition) is 2. The van der Waals surface area contributed by atoms with Gasteiger partial charge in [0, 0.05) is 12.1 Å². The van der Waals surface area contributed by atoms with E-state index in [9.17, 15) is 8.60 Å². The molecular formula is C17H28BrFN2OSSi. The first-order valence-corrected chi connectivity index (χ1v) is 13.5. The molecule has 1 aromatic rings. The molecule has 24 heavy (non-hydrogen) atoms. The van der Waals surface area contributed by atoms with Gasteiger partial charge in [0.05, 0.1) is 34.0 Å². The molecule has 1 aromatic heterocycles. The Balaban J connectivity index is 3.31. The van der Waals surface area contributed by atoms with Crippen molar-refractivity contribution in [2.24, 2.45) is 5.14 Å². The van der Waals surface area contributed by atoms with Crippen LogP contribution in [0.5, 0.6) is 0 Å². The average Bonchev–Trinajstić information content (AvgIpc) is 2.44. The van der Waals surface area contributed by atoms with Crippen LogP contribution in [0.2, 0.25) is 19.6 Å². The molecule has 2 N–H and O–H groups in total. The second kappa shape index (κ2) is 8.34. The molecule has 0 saturated carbocycles. The minimum Gasteiger partial charge on any atom is -0.260 e. The summed E-state index contributed by atoms with van der Waals surface area (Å²) in [5.41, 5.74) is 0.676. The van der Waals surface area contributed by atoms with Crippen LogP contribution in [-0.4, -0.2) is 22.0 Å². The molecule has 2 atom stereocenters. The van der Waals surface area contributed by atoms with Crippen molar-refractivity contribution in [1.29, 1.82) is 0 Å². The largest absolute Gasteiger partial charge is 0.260 e. The van der Waals surface area contributed by atoms with Crippen molar-refractivity contribution in [2.45, 2.75) is 63.4 Å². The molecule has 0 aliphatic rings. The van der Waals surface area contributed by atoms with Gasteiger partial charge < -0.3 is 0 Å². The molecule has 0 amide bonds. The number of rotatable bonds is 8. The third-order valence-corrected chi connectivity index (χ3v) is 8.16. The molecular weight excluding hydrogens is 407 g/mol. The first-order chi connectivity index (χ1) is 10.9. The van der Waals surface area contributed by atoms with Crippen molar-refractivity contribution in [2.75, 3.05) is 0 Å². The van der Waals surface area contributed by atoms with E-state index in [0.29, 0.717) is 21.8 Å². The Bertz CT molecular complexity index is 632. The van der Waals surface area contributed by atoms with Crippen molar-refractivity contribution < 1.29 is 8.60 Å². The zero-order valence-corrected chi connectivity index (χ0v) is 18.6. The van der Waals surface area contributed by atoms with Gasteiger partial charge in [-0.15, -0.1) is 6.58 Å². The van der Waals surface area contributed by atoms with E-state index >= 15 is 0 Å². The van der Waals surface area contributed by atoms with E-state index in [1.165, 1.54) is 0 Å². The molecule has 3 nitrogen and oxygen atoms in total. The molecule has 0 aliphatic heterocycles. The topological polar surface area (TPSA) is 56.0 Å². The Labute approximate surface area is 157 Å². The summed E-state index contributed by atoms with van der Waals surface area (Å²) >= 11 is 3.41. The molecule has 1 heterocycles. The maximum Gasteiger partial charge on any atom is 0.139 e. The quantitative estimate of drug-likeness (QED) is 0.487. The van der Waals surface area contributed by atoms with Crippen LogP contribution in [-0.2, 0) is 11.0 Å². The first kappa shape index (κ1) is 21.7. The molecule has 0 bridgehead atoms. The number of aromatic nitrogens is 1. The van der Waals surface area contributed by atoms with Gasteiger partial charge in [-0.25, -0.2) is 8.60 Å². The lowest BCUT2D eigenvalue weighted by atomic mass is 9.89. The summed E-state index contributed by atoms with van der Waals surface area (Å²) in [6, 6.07) is 0. The maximum atomic E-state index is 14.9. The van der Waals surface area contributed by atoms with Crippen LogP contribution in [0.25, 0.3) is 0 Å². The summed E-state index contributed by atoms with van der Waals surface area (Å²) in [5, 5.41) is 6.34. The smallest absolute Gasteiger partial charge is 0.139 e. The molecule has 0 saturated heterocycles.